The maximum Gasteiger partial charge on any atom is 0.253 e. The van der Waals surface area contributed by atoms with Gasteiger partial charge in [0.1, 0.15) is 11.6 Å². The Bertz CT molecular complexity index is 1420. The molecule has 4 N–H and O–H groups in total. The van der Waals surface area contributed by atoms with Crippen molar-refractivity contribution in [2.24, 2.45) is 5.73 Å². The number of carbonyl (C=O) groups excluding carboxylic acids is 1. The first kappa shape index (κ1) is 20.9. The second-order valence-corrected chi connectivity index (χ2v) is 8.29. The fourth-order valence-corrected chi connectivity index (χ4v) is 4.02. The van der Waals surface area contributed by atoms with Crippen molar-refractivity contribution in [3.05, 3.63) is 95.1 Å². The molecular formula is C26H26N6O. The lowest BCUT2D eigenvalue weighted by Crippen LogP contribution is -2.28. The van der Waals surface area contributed by atoms with Gasteiger partial charge in [0.2, 0.25) is 0 Å². The monoisotopic (exact) mass is 438 g/mol. The number of aromatic nitrogens is 4. The number of nitrogens with zero attached hydrogens (tertiary/aromatic N) is 3. The Balaban J connectivity index is 1.30. The van der Waals surface area contributed by atoms with E-state index in [1.807, 2.05) is 61.6 Å². The minimum absolute atomic E-state index is 0.00280. The zero-order valence-corrected chi connectivity index (χ0v) is 18.5. The van der Waals surface area contributed by atoms with E-state index in [4.69, 9.17) is 5.73 Å². The summed E-state index contributed by atoms with van der Waals surface area (Å²) < 4.78 is 0. The predicted octanol–water partition coefficient (Wildman–Crippen LogP) is 3.80. The van der Waals surface area contributed by atoms with E-state index in [-0.39, 0.29) is 5.91 Å². The standard InChI is InChI=1S/C26H26N6O/c1-32(12-11-17-5-3-2-4-6-17)26(33)19-8-10-21-23(14-19)31-25(29-21)15-24-28-20-9-7-18(16-27)13-22(20)30-24/h2-10,13-14H,11-12,15-16,27H2,1H3,(H,28,30)(H,29,31). The summed E-state index contributed by atoms with van der Waals surface area (Å²) >= 11 is 0. The summed E-state index contributed by atoms with van der Waals surface area (Å²) in [5.41, 5.74) is 12.2. The Hall–Kier alpha value is -3.97. The third-order valence-electron chi connectivity index (χ3n) is 5.87. The molecule has 0 spiro atoms. The molecule has 0 saturated heterocycles. The van der Waals surface area contributed by atoms with E-state index in [0.717, 1.165) is 45.7 Å². The zero-order chi connectivity index (χ0) is 22.8. The van der Waals surface area contributed by atoms with Crippen LogP contribution in [0.15, 0.2) is 66.7 Å². The summed E-state index contributed by atoms with van der Waals surface area (Å²) in [5.74, 6) is 1.62. The normalized spacial score (nSPS) is 11.3. The third-order valence-corrected chi connectivity index (χ3v) is 5.87. The molecule has 2 heterocycles. The Labute approximate surface area is 191 Å². The van der Waals surface area contributed by atoms with Crippen molar-refractivity contribution >= 4 is 28.0 Å². The first-order chi connectivity index (χ1) is 16.1. The van der Waals surface area contributed by atoms with Crippen molar-refractivity contribution in [2.45, 2.75) is 19.4 Å². The van der Waals surface area contributed by atoms with Crippen LogP contribution in [0, 0.1) is 0 Å². The first-order valence-electron chi connectivity index (χ1n) is 11.0. The van der Waals surface area contributed by atoms with Crippen LogP contribution in [0.3, 0.4) is 0 Å². The van der Waals surface area contributed by atoms with Crippen LogP contribution in [0.25, 0.3) is 22.1 Å². The maximum absolute atomic E-state index is 12.9. The minimum atomic E-state index is -0.00280. The highest BCUT2D eigenvalue weighted by Crippen LogP contribution is 2.19. The highest BCUT2D eigenvalue weighted by atomic mass is 16.2. The third kappa shape index (κ3) is 4.49. The summed E-state index contributed by atoms with van der Waals surface area (Å²) in [6.07, 6.45) is 1.37. The van der Waals surface area contributed by atoms with E-state index in [1.54, 1.807) is 4.90 Å². The van der Waals surface area contributed by atoms with Gasteiger partial charge in [-0.2, -0.15) is 0 Å². The Morgan fingerprint density at radius 3 is 2.24 bits per heavy atom. The highest BCUT2D eigenvalue weighted by Gasteiger charge is 2.14. The Kier molecular flexibility index (Phi) is 5.62. The minimum Gasteiger partial charge on any atom is -0.342 e. The molecule has 0 atom stereocenters. The van der Waals surface area contributed by atoms with Gasteiger partial charge in [0.05, 0.1) is 28.5 Å². The first-order valence-corrected chi connectivity index (χ1v) is 11.0. The average Bonchev–Trinajstić information content (AvgIpc) is 3.44. The largest absolute Gasteiger partial charge is 0.342 e. The molecule has 3 aromatic carbocycles. The van der Waals surface area contributed by atoms with Crippen molar-refractivity contribution in [1.29, 1.82) is 0 Å². The summed E-state index contributed by atoms with van der Waals surface area (Å²) in [5, 5.41) is 0. The van der Waals surface area contributed by atoms with E-state index in [0.29, 0.717) is 25.1 Å². The molecule has 5 rings (SSSR count). The number of rotatable bonds is 7. The van der Waals surface area contributed by atoms with Crippen molar-refractivity contribution < 1.29 is 4.79 Å². The van der Waals surface area contributed by atoms with E-state index < -0.39 is 0 Å². The molecule has 2 aromatic heterocycles. The van der Waals surface area contributed by atoms with Gasteiger partial charge < -0.3 is 20.6 Å². The molecule has 0 fully saturated rings. The van der Waals surface area contributed by atoms with Crippen LogP contribution in [-0.4, -0.2) is 44.3 Å². The molecule has 1 amide bonds. The second-order valence-electron chi connectivity index (χ2n) is 8.29. The molecule has 0 bridgehead atoms. The quantitative estimate of drug-likeness (QED) is 0.359. The maximum atomic E-state index is 12.9. The predicted molar refractivity (Wildman–Crippen MR) is 130 cm³/mol. The van der Waals surface area contributed by atoms with Gasteiger partial charge in [0.25, 0.3) is 5.91 Å². The van der Waals surface area contributed by atoms with Crippen LogP contribution in [0.1, 0.15) is 33.1 Å². The highest BCUT2D eigenvalue weighted by molar-refractivity contribution is 5.97. The lowest BCUT2D eigenvalue weighted by molar-refractivity contribution is 0.0797. The second kappa shape index (κ2) is 8.88. The van der Waals surface area contributed by atoms with Crippen LogP contribution >= 0.6 is 0 Å². The van der Waals surface area contributed by atoms with Crippen LogP contribution in [0.5, 0.6) is 0 Å². The Morgan fingerprint density at radius 1 is 0.879 bits per heavy atom. The van der Waals surface area contributed by atoms with Crippen LogP contribution < -0.4 is 5.73 Å². The molecule has 33 heavy (non-hydrogen) atoms. The lowest BCUT2D eigenvalue weighted by Gasteiger charge is -2.17. The SMILES string of the molecule is CN(CCc1ccccc1)C(=O)c1ccc2nc(Cc3nc4ccc(CN)cc4[nH]3)[nH]c2c1. The summed E-state index contributed by atoms with van der Waals surface area (Å²) in [6.45, 7) is 1.16. The van der Waals surface area contributed by atoms with Crippen molar-refractivity contribution in [3.8, 4) is 0 Å². The van der Waals surface area contributed by atoms with Gasteiger partial charge >= 0.3 is 0 Å². The summed E-state index contributed by atoms with van der Waals surface area (Å²) in [6, 6.07) is 21.8. The molecule has 7 heteroatoms. The van der Waals surface area contributed by atoms with E-state index in [1.165, 1.54) is 5.56 Å². The molecule has 7 nitrogen and oxygen atoms in total. The van der Waals surface area contributed by atoms with E-state index in [9.17, 15) is 4.79 Å². The topological polar surface area (TPSA) is 104 Å². The number of hydrogen-bond acceptors (Lipinski definition) is 4. The number of imidazole rings is 2. The molecular weight excluding hydrogens is 412 g/mol. The van der Waals surface area contributed by atoms with Gasteiger partial charge in [-0.25, -0.2) is 9.97 Å². The molecule has 166 valence electrons. The van der Waals surface area contributed by atoms with Crippen LogP contribution in [-0.2, 0) is 19.4 Å². The average molecular weight is 439 g/mol. The number of nitrogens with two attached hydrogens (primary N) is 1. The fraction of sp³-hybridized carbons (Fsp3) is 0.192. The van der Waals surface area contributed by atoms with Crippen LogP contribution in [0.2, 0.25) is 0 Å². The molecule has 0 radical (unpaired) electrons. The smallest absolute Gasteiger partial charge is 0.253 e. The Morgan fingerprint density at radius 2 is 1.55 bits per heavy atom. The zero-order valence-electron chi connectivity index (χ0n) is 18.5. The van der Waals surface area contributed by atoms with Gasteiger partial charge in [0.15, 0.2) is 0 Å². The number of carbonyl (C=O) groups is 1. The van der Waals surface area contributed by atoms with Gasteiger partial charge in [-0.3, -0.25) is 4.79 Å². The number of amides is 1. The van der Waals surface area contributed by atoms with Crippen molar-refractivity contribution in [3.63, 3.8) is 0 Å². The fourth-order valence-electron chi connectivity index (χ4n) is 4.02. The number of aromatic amines is 2. The molecule has 0 aliphatic heterocycles. The van der Waals surface area contributed by atoms with E-state index in [2.05, 4.69) is 32.1 Å². The summed E-state index contributed by atoms with van der Waals surface area (Å²) in [7, 11) is 1.84. The molecule has 0 saturated carbocycles. The molecule has 0 aliphatic carbocycles. The van der Waals surface area contributed by atoms with Gasteiger partial charge in [-0.05, 0) is 47.9 Å². The number of H-pyrrole nitrogens is 2. The van der Waals surface area contributed by atoms with Gasteiger partial charge in [-0.1, -0.05) is 36.4 Å². The number of likely N-dealkylation sites (N-methyl/N-ethyl adjacent to an activating group) is 1. The van der Waals surface area contributed by atoms with Crippen LogP contribution in [0.4, 0.5) is 0 Å². The van der Waals surface area contributed by atoms with Crippen molar-refractivity contribution in [1.82, 2.24) is 24.8 Å². The number of fused-ring (bicyclic) bond motifs is 2. The number of hydrogen-bond donors (Lipinski definition) is 3. The van der Waals surface area contributed by atoms with Crippen molar-refractivity contribution in [2.75, 3.05) is 13.6 Å². The number of benzene rings is 3. The molecule has 0 unspecified atom stereocenters. The molecule has 5 aromatic rings. The summed E-state index contributed by atoms with van der Waals surface area (Å²) in [4.78, 5) is 30.7. The number of nitrogens with one attached hydrogen (secondary N) is 2. The van der Waals surface area contributed by atoms with E-state index >= 15 is 0 Å². The lowest BCUT2D eigenvalue weighted by atomic mass is 10.1. The molecule has 0 aliphatic rings. The van der Waals surface area contributed by atoms with Gasteiger partial charge in [0, 0.05) is 25.7 Å². The van der Waals surface area contributed by atoms with Gasteiger partial charge in [-0.15, -0.1) is 0 Å².